The van der Waals surface area contributed by atoms with Gasteiger partial charge in [0.2, 0.25) is 11.8 Å². The molecular weight excluding hydrogens is 420 g/mol. The zero-order valence-corrected chi connectivity index (χ0v) is 17.3. The average Bonchev–Trinajstić information content (AvgIpc) is 2.95. The Bertz CT molecular complexity index is 1040. The fraction of sp³-hybridized carbons (Fsp3) is 0.261. The van der Waals surface area contributed by atoms with Gasteiger partial charge in [0, 0.05) is 12.6 Å². The number of hydrogen-bond acceptors (Lipinski definition) is 5. The highest BCUT2D eigenvalue weighted by Gasteiger charge is 2.39. The van der Waals surface area contributed by atoms with Crippen molar-refractivity contribution in [2.24, 2.45) is 5.73 Å². The lowest BCUT2D eigenvalue weighted by Gasteiger charge is -2.31. The molecule has 3 rings (SSSR count). The third kappa shape index (κ3) is 5.06. The van der Waals surface area contributed by atoms with Crippen molar-refractivity contribution in [3.05, 3.63) is 77.4 Å². The van der Waals surface area contributed by atoms with E-state index in [1.807, 2.05) is 30.3 Å². The van der Waals surface area contributed by atoms with E-state index in [9.17, 15) is 28.3 Å². The van der Waals surface area contributed by atoms with E-state index in [1.54, 1.807) is 6.08 Å². The van der Waals surface area contributed by atoms with Gasteiger partial charge in [-0.25, -0.2) is 8.78 Å². The molecule has 9 heteroatoms. The van der Waals surface area contributed by atoms with Crippen LogP contribution in [0.5, 0.6) is 0 Å². The van der Waals surface area contributed by atoms with Gasteiger partial charge in [-0.2, -0.15) is 0 Å². The third-order valence-electron chi connectivity index (χ3n) is 5.10. The van der Waals surface area contributed by atoms with Crippen molar-refractivity contribution in [1.82, 2.24) is 10.2 Å². The number of hydrogen-bond donors (Lipinski definition) is 3. The molecule has 3 amide bonds. The van der Waals surface area contributed by atoms with Crippen LogP contribution in [0.4, 0.5) is 8.78 Å². The number of rotatable bonds is 5. The summed E-state index contributed by atoms with van der Waals surface area (Å²) in [5.41, 5.74) is 6.94. The Morgan fingerprint density at radius 2 is 1.75 bits per heavy atom. The first-order valence-electron chi connectivity index (χ1n) is 9.97. The van der Waals surface area contributed by atoms with E-state index in [1.165, 1.54) is 6.92 Å². The Kier molecular flexibility index (Phi) is 7.12. The standard InChI is InChI=1S/C23H23F2N3O4/c1-13(26)22(31)28(23(32)20(29)16-9-17(24)11-18(25)10-16)19-8-7-15(12-27-21(19)30)14-5-3-2-4-6-14/h2-7,9-11,13,19-20,29H,8,12,26H2,1H3,(H,27,30)/t13-,19-,20-/m0/s1. The minimum absolute atomic E-state index is 0.0233. The van der Waals surface area contributed by atoms with Crippen LogP contribution < -0.4 is 11.1 Å². The van der Waals surface area contributed by atoms with Crippen LogP contribution in [0, 0.1) is 11.6 Å². The van der Waals surface area contributed by atoms with E-state index >= 15 is 0 Å². The molecule has 4 N–H and O–H groups in total. The van der Waals surface area contributed by atoms with E-state index in [0.29, 0.717) is 11.0 Å². The van der Waals surface area contributed by atoms with Gasteiger partial charge in [0.25, 0.3) is 5.91 Å². The maximum atomic E-state index is 13.6. The summed E-state index contributed by atoms with van der Waals surface area (Å²) in [5.74, 6) is -4.72. The molecule has 0 radical (unpaired) electrons. The van der Waals surface area contributed by atoms with Gasteiger partial charge in [-0.05, 0) is 42.2 Å². The van der Waals surface area contributed by atoms with E-state index in [4.69, 9.17) is 5.73 Å². The molecule has 0 fully saturated rings. The molecule has 2 aromatic rings. The molecule has 3 atom stereocenters. The zero-order valence-electron chi connectivity index (χ0n) is 17.3. The Hall–Kier alpha value is -3.43. The summed E-state index contributed by atoms with van der Waals surface area (Å²) in [6, 6.07) is 8.92. The second-order valence-electron chi connectivity index (χ2n) is 7.51. The molecule has 0 saturated heterocycles. The number of nitrogens with two attached hydrogens (primary N) is 1. The Balaban J connectivity index is 1.95. The molecule has 0 aromatic heterocycles. The molecule has 1 aliphatic rings. The van der Waals surface area contributed by atoms with Crippen LogP contribution in [-0.4, -0.2) is 46.4 Å². The number of halogens is 2. The molecule has 7 nitrogen and oxygen atoms in total. The minimum Gasteiger partial charge on any atom is -0.378 e. The van der Waals surface area contributed by atoms with Crippen molar-refractivity contribution in [3.8, 4) is 0 Å². The lowest BCUT2D eigenvalue weighted by molar-refractivity contribution is -0.157. The van der Waals surface area contributed by atoms with Crippen molar-refractivity contribution < 1.29 is 28.3 Å². The van der Waals surface area contributed by atoms with Crippen molar-refractivity contribution in [3.63, 3.8) is 0 Å². The SMILES string of the molecule is C[C@H](N)C(=O)N(C(=O)[C@@H](O)c1cc(F)cc(F)c1)[C@H]1CC=C(c2ccccc2)CNC1=O. The highest BCUT2D eigenvalue weighted by atomic mass is 19.1. The minimum atomic E-state index is -2.07. The molecule has 168 valence electrons. The molecule has 32 heavy (non-hydrogen) atoms. The summed E-state index contributed by atoms with van der Waals surface area (Å²) in [6.07, 6.45) is -0.373. The monoisotopic (exact) mass is 443 g/mol. The largest absolute Gasteiger partial charge is 0.378 e. The lowest BCUT2D eigenvalue weighted by Crippen LogP contribution is -2.56. The lowest BCUT2D eigenvalue weighted by atomic mass is 10.0. The summed E-state index contributed by atoms with van der Waals surface area (Å²) in [6.45, 7) is 1.50. The van der Waals surface area contributed by atoms with Gasteiger partial charge in [-0.1, -0.05) is 36.4 Å². The Labute approximate surface area is 183 Å². The first-order chi connectivity index (χ1) is 15.2. The van der Waals surface area contributed by atoms with Crippen LogP contribution in [0.2, 0.25) is 0 Å². The van der Waals surface area contributed by atoms with Gasteiger partial charge < -0.3 is 16.2 Å². The van der Waals surface area contributed by atoms with Gasteiger partial charge >= 0.3 is 0 Å². The molecule has 0 saturated carbocycles. The number of benzene rings is 2. The molecule has 0 spiro atoms. The number of nitrogens with zero attached hydrogens (tertiary/aromatic N) is 1. The summed E-state index contributed by atoms with van der Waals surface area (Å²) in [5, 5.41) is 13.2. The molecule has 0 bridgehead atoms. The predicted molar refractivity (Wildman–Crippen MR) is 113 cm³/mol. The maximum Gasteiger partial charge on any atom is 0.263 e. The predicted octanol–water partition coefficient (Wildman–Crippen LogP) is 1.67. The summed E-state index contributed by atoms with van der Waals surface area (Å²) < 4.78 is 27.2. The first-order valence-corrected chi connectivity index (χ1v) is 9.97. The number of carbonyl (C=O) groups is 3. The number of imide groups is 1. The van der Waals surface area contributed by atoms with E-state index in [0.717, 1.165) is 23.3 Å². The number of amides is 3. The van der Waals surface area contributed by atoms with Crippen LogP contribution in [-0.2, 0) is 14.4 Å². The van der Waals surface area contributed by atoms with Crippen LogP contribution >= 0.6 is 0 Å². The van der Waals surface area contributed by atoms with Gasteiger partial charge in [0.05, 0.1) is 6.04 Å². The Morgan fingerprint density at radius 3 is 2.34 bits per heavy atom. The van der Waals surface area contributed by atoms with E-state index in [2.05, 4.69) is 5.32 Å². The fourth-order valence-corrected chi connectivity index (χ4v) is 3.47. The summed E-state index contributed by atoms with van der Waals surface area (Å²) >= 11 is 0. The van der Waals surface area contributed by atoms with Gasteiger partial charge in [0.1, 0.15) is 17.7 Å². The van der Waals surface area contributed by atoms with Gasteiger partial charge in [0.15, 0.2) is 6.10 Å². The van der Waals surface area contributed by atoms with Gasteiger partial charge in [-0.3, -0.25) is 19.3 Å². The number of aliphatic hydroxyl groups is 1. The van der Waals surface area contributed by atoms with Crippen LogP contribution in [0.15, 0.2) is 54.6 Å². The number of aliphatic hydroxyl groups excluding tert-OH is 1. The van der Waals surface area contributed by atoms with Crippen molar-refractivity contribution >= 4 is 23.3 Å². The van der Waals surface area contributed by atoms with Crippen LogP contribution in [0.25, 0.3) is 5.57 Å². The molecule has 2 aromatic carbocycles. The quantitative estimate of drug-likeness (QED) is 0.651. The van der Waals surface area contributed by atoms with Crippen molar-refractivity contribution in [1.29, 1.82) is 0 Å². The van der Waals surface area contributed by atoms with E-state index < -0.39 is 47.5 Å². The average molecular weight is 443 g/mol. The Morgan fingerprint density at radius 1 is 1.12 bits per heavy atom. The summed E-state index contributed by atoms with van der Waals surface area (Å²) in [7, 11) is 0. The molecule has 0 aliphatic carbocycles. The number of nitrogens with one attached hydrogen (secondary N) is 1. The first kappa shape index (κ1) is 23.2. The highest BCUT2D eigenvalue weighted by Crippen LogP contribution is 2.24. The van der Waals surface area contributed by atoms with Gasteiger partial charge in [-0.15, -0.1) is 0 Å². The van der Waals surface area contributed by atoms with E-state index in [-0.39, 0.29) is 18.5 Å². The molecule has 1 heterocycles. The van der Waals surface area contributed by atoms with Crippen molar-refractivity contribution in [2.75, 3.05) is 6.54 Å². The second kappa shape index (κ2) is 9.80. The zero-order chi connectivity index (χ0) is 23.4. The van der Waals surface area contributed by atoms with Crippen LogP contribution in [0.3, 0.4) is 0 Å². The normalized spacial score (nSPS) is 18.1. The molecule has 1 aliphatic heterocycles. The topological polar surface area (TPSA) is 113 Å². The van der Waals surface area contributed by atoms with Crippen LogP contribution in [0.1, 0.15) is 30.6 Å². The fourth-order valence-electron chi connectivity index (χ4n) is 3.47. The van der Waals surface area contributed by atoms with Crippen molar-refractivity contribution in [2.45, 2.75) is 31.5 Å². The number of carbonyl (C=O) groups excluding carboxylic acids is 3. The smallest absolute Gasteiger partial charge is 0.263 e. The highest BCUT2D eigenvalue weighted by molar-refractivity contribution is 6.04. The second-order valence-corrected chi connectivity index (χ2v) is 7.51. The third-order valence-corrected chi connectivity index (χ3v) is 5.10. The summed E-state index contributed by atoms with van der Waals surface area (Å²) in [4.78, 5) is 39.2. The maximum absolute atomic E-state index is 13.6. The molecular formula is C23H23F2N3O4. The molecule has 0 unspecified atom stereocenters.